The second-order valence-corrected chi connectivity index (χ2v) is 5.54. The summed E-state index contributed by atoms with van der Waals surface area (Å²) in [5.74, 6) is -0.403. The summed E-state index contributed by atoms with van der Waals surface area (Å²) in [4.78, 5) is 23.6. The van der Waals surface area contributed by atoms with Crippen molar-refractivity contribution in [1.82, 2.24) is 0 Å². The van der Waals surface area contributed by atoms with Crippen molar-refractivity contribution in [3.05, 3.63) is 70.8 Å². The van der Waals surface area contributed by atoms with Gasteiger partial charge in [-0.2, -0.15) is 0 Å². The van der Waals surface area contributed by atoms with Crippen molar-refractivity contribution in [2.45, 2.75) is 18.1 Å². The van der Waals surface area contributed by atoms with E-state index < -0.39 is 11.5 Å². The largest absolute Gasteiger partial charge is 0.366 e. The maximum atomic E-state index is 12.5. The third-order valence-corrected chi connectivity index (χ3v) is 4.29. The first-order chi connectivity index (χ1) is 10.1. The van der Waals surface area contributed by atoms with E-state index in [4.69, 9.17) is 10.5 Å². The van der Waals surface area contributed by atoms with E-state index >= 15 is 0 Å². The predicted octanol–water partition coefficient (Wildman–Crippen LogP) is 2.03. The number of primary amides is 1. The van der Waals surface area contributed by atoms with E-state index in [-0.39, 0.29) is 11.9 Å². The van der Waals surface area contributed by atoms with Crippen molar-refractivity contribution >= 4 is 11.7 Å². The number of hydrogen-bond acceptors (Lipinski definition) is 3. The molecule has 21 heavy (non-hydrogen) atoms. The Balaban J connectivity index is 1.64. The molecule has 1 spiro atoms. The Morgan fingerprint density at radius 2 is 1.86 bits per heavy atom. The first kappa shape index (κ1) is 12.3. The van der Waals surface area contributed by atoms with Gasteiger partial charge in [0.15, 0.2) is 11.4 Å². The number of amides is 1. The van der Waals surface area contributed by atoms with Crippen LogP contribution in [-0.2, 0) is 11.2 Å². The van der Waals surface area contributed by atoms with Crippen molar-refractivity contribution in [3.63, 3.8) is 0 Å². The second kappa shape index (κ2) is 4.02. The zero-order valence-electron chi connectivity index (χ0n) is 11.2. The van der Waals surface area contributed by atoms with Gasteiger partial charge in [-0.05, 0) is 23.3 Å². The smallest absolute Gasteiger partial charge is 0.248 e. The Hall–Kier alpha value is -2.46. The molecule has 2 unspecified atom stereocenters. The van der Waals surface area contributed by atoms with E-state index in [9.17, 15) is 9.59 Å². The highest BCUT2D eigenvalue weighted by Gasteiger charge is 2.65. The first-order valence-corrected chi connectivity index (χ1v) is 6.82. The molecule has 2 aliphatic rings. The lowest BCUT2D eigenvalue weighted by molar-refractivity contribution is 0.0893. The lowest BCUT2D eigenvalue weighted by Gasteiger charge is -2.02. The van der Waals surface area contributed by atoms with Gasteiger partial charge in [-0.15, -0.1) is 0 Å². The molecule has 1 saturated heterocycles. The van der Waals surface area contributed by atoms with Crippen molar-refractivity contribution in [1.29, 1.82) is 0 Å². The van der Waals surface area contributed by atoms with Crippen LogP contribution in [0, 0.1) is 0 Å². The molecule has 1 heterocycles. The van der Waals surface area contributed by atoms with Crippen molar-refractivity contribution in [2.75, 3.05) is 0 Å². The molecule has 2 aromatic carbocycles. The van der Waals surface area contributed by atoms with Gasteiger partial charge >= 0.3 is 0 Å². The van der Waals surface area contributed by atoms with Crippen LogP contribution in [0.4, 0.5) is 0 Å². The Morgan fingerprint density at radius 1 is 1.14 bits per heavy atom. The van der Waals surface area contributed by atoms with E-state index in [2.05, 4.69) is 0 Å². The minimum Gasteiger partial charge on any atom is -0.366 e. The molecule has 104 valence electrons. The number of ether oxygens (including phenoxy) is 1. The molecule has 0 radical (unpaired) electrons. The zero-order chi connectivity index (χ0) is 14.6. The maximum absolute atomic E-state index is 12.5. The molecule has 0 bridgehead atoms. The van der Waals surface area contributed by atoms with Crippen LogP contribution in [0.5, 0.6) is 0 Å². The molecular formula is C17H13NO3. The summed E-state index contributed by atoms with van der Waals surface area (Å²) in [7, 11) is 0. The fourth-order valence-corrected chi connectivity index (χ4v) is 3.13. The van der Waals surface area contributed by atoms with Crippen LogP contribution >= 0.6 is 0 Å². The summed E-state index contributed by atoms with van der Waals surface area (Å²) in [5, 5.41) is 0. The summed E-state index contributed by atoms with van der Waals surface area (Å²) in [6.07, 6.45) is 0.379. The number of rotatable bonds is 2. The van der Waals surface area contributed by atoms with Gasteiger partial charge in [0.25, 0.3) is 0 Å². The fraction of sp³-hybridized carbons (Fsp3) is 0.176. The standard InChI is InChI=1S/C17H13NO3/c18-16(20)11-7-5-10(6-8-11)15-17(21-15)9-12-3-1-2-4-13(12)14(17)19/h1-8,15H,9H2,(H2,18,20). The average Bonchev–Trinajstić information content (AvgIpc) is 3.15. The zero-order valence-corrected chi connectivity index (χ0v) is 11.2. The van der Waals surface area contributed by atoms with Crippen LogP contribution in [0.1, 0.15) is 37.9 Å². The van der Waals surface area contributed by atoms with Gasteiger partial charge in [0.05, 0.1) is 0 Å². The number of fused-ring (bicyclic) bond motifs is 1. The minimum atomic E-state index is -0.738. The molecule has 2 N–H and O–H groups in total. The SMILES string of the molecule is NC(=O)c1ccc(C2OC23Cc2ccccc2C3=O)cc1. The molecule has 4 rings (SSSR count). The molecule has 4 heteroatoms. The summed E-state index contributed by atoms with van der Waals surface area (Å²) in [6.45, 7) is 0. The number of carbonyl (C=O) groups is 2. The van der Waals surface area contributed by atoms with Crippen LogP contribution < -0.4 is 5.73 Å². The summed E-state index contributed by atoms with van der Waals surface area (Å²) in [5.41, 5.74) is 7.64. The van der Waals surface area contributed by atoms with E-state index in [0.717, 1.165) is 16.7 Å². The van der Waals surface area contributed by atoms with E-state index in [1.54, 1.807) is 24.3 Å². The van der Waals surface area contributed by atoms with Gasteiger partial charge in [0, 0.05) is 17.5 Å². The third-order valence-electron chi connectivity index (χ3n) is 4.29. The quantitative estimate of drug-likeness (QED) is 0.855. The molecule has 1 aliphatic carbocycles. The summed E-state index contributed by atoms with van der Waals surface area (Å²) in [6, 6.07) is 14.6. The van der Waals surface area contributed by atoms with Crippen LogP contribution in [0.3, 0.4) is 0 Å². The predicted molar refractivity (Wildman–Crippen MR) is 76.0 cm³/mol. The van der Waals surface area contributed by atoms with Gasteiger partial charge in [0.2, 0.25) is 5.91 Å². The van der Waals surface area contributed by atoms with Gasteiger partial charge in [-0.1, -0.05) is 36.4 Å². The van der Waals surface area contributed by atoms with E-state index in [1.165, 1.54) is 0 Å². The van der Waals surface area contributed by atoms with Crippen molar-refractivity contribution in [2.24, 2.45) is 5.73 Å². The third kappa shape index (κ3) is 1.66. The molecule has 4 nitrogen and oxygen atoms in total. The van der Waals surface area contributed by atoms with E-state index in [1.807, 2.05) is 24.3 Å². The highest BCUT2D eigenvalue weighted by molar-refractivity contribution is 6.09. The fourth-order valence-electron chi connectivity index (χ4n) is 3.13. The molecule has 2 atom stereocenters. The number of benzene rings is 2. The normalized spacial score (nSPS) is 25.9. The molecule has 0 aromatic heterocycles. The highest BCUT2D eigenvalue weighted by Crippen LogP contribution is 2.56. The lowest BCUT2D eigenvalue weighted by atomic mass is 9.95. The Kier molecular flexibility index (Phi) is 2.35. The number of hydrogen-bond donors (Lipinski definition) is 1. The van der Waals surface area contributed by atoms with Crippen molar-refractivity contribution in [3.8, 4) is 0 Å². The molecule has 2 aromatic rings. The van der Waals surface area contributed by atoms with Crippen LogP contribution in [0.25, 0.3) is 0 Å². The van der Waals surface area contributed by atoms with Crippen LogP contribution in [0.15, 0.2) is 48.5 Å². The van der Waals surface area contributed by atoms with Crippen LogP contribution in [-0.4, -0.2) is 17.3 Å². The Morgan fingerprint density at radius 3 is 2.52 bits per heavy atom. The Labute approximate surface area is 121 Å². The molecule has 1 fully saturated rings. The lowest BCUT2D eigenvalue weighted by Crippen LogP contribution is -2.20. The highest BCUT2D eigenvalue weighted by atomic mass is 16.6. The first-order valence-electron chi connectivity index (χ1n) is 6.82. The van der Waals surface area contributed by atoms with Gasteiger partial charge in [0.1, 0.15) is 6.10 Å². The van der Waals surface area contributed by atoms with Gasteiger partial charge < -0.3 is 10.5 Å². The molecule has 1 amide bonds. The average molecular weight is 279 g/mol. The number of Topliss-reactive ketones (excluding diaryl/α,β-unsaturated/α-hetero) is 1. The number of epoxide rings is 1. The number of carbonyl (C=O) groups excluding carboxylic acids is 2. The van der Waals surface area contributed by atoms with Crippen LogP contribution in [0.2, 0.25) is 0 Å². The summed E-state index contributed by atoms with van der Waals surface area (Å²) < 4.78 is 5.78. The van der Waals surface area contributed by atoms with E-state index in [0.29, 0.717) is 12.0 Å². The monoisotopic (exact) mass is 279 g/mol. The number of ketones is 1. The summed E-state index contributed by atoms with van der Waals surface area (Å²) >= 11 is 0. The molecule has 1 aliphatic heterocycles. The minimum absolute atomic E-state index is 0.0575. The molecular weight excluding hydrogens is 266 g/mol. The molecule has 0 saturated carbocycles. The number of nitrogens with two attached hydrogens (primary N) is 1. The Bertz CT molecular complexity index is 766. The second-order valence-electron chi connectivity index (χ2n) is 5.54. The topological polar surface area (TPSA) is 72.7 Å². The van der Waals surface area contributed by atoms with Gasteiger partial charge in [-0.25, -0.2) is 0 Å². The van der Waals surface area contributed by atoms with Gasteiger partial charge in [-0.3, -0.25) is 9.59 Å². The van der Waals surface area contributed by atoms with Crippen molar-refractivity contribution < 1.29 is 14.3 Å². The maximum Gasteiger partial charge on any atom is 0.248 e.